The first-order chi connectivity index (χ1) is 9.97. The van der Waals surface area contributed by atoms with Gasteiger partial charge in [-0.2, -0.15) is 0 Å². The van der Waals surface area contributed by atoms with E-state index < -0.39 is 5.82 Å². The number of piperazine rings is 1. The quantitative estimate of drug-likeness (QED) is 0.905. The Labute approximate surface area is 127 Å². The summed E-state index contributed by atoms with van der Waals surface area (Å²) in [5.74, 6) is -1.28. The molecule has 0 aliphatic carbocycles. The van der Waals surface area contributed by atoms with Crippen LogP contribution in [0.25, 0.3) is 0 Å². The van der Waals surface area contributed by atoms with Gasteiger partial charge in [-0.3, -0.25) is 14.5 Å². The summed E-state index contributed by atoms with van der Waals surface area (Å²) in [5, 5.41) is 0.264. The van der Waals surface area contributed by atoms with E-state index in [0.717, 1.165) is 6.07 Å². The van der Waals surface area contributed by atoms with Crippen molar-refractivity contribution >= 4 is 23.4 Å². The molecule has 1 aliphatic heterocycles. The van der Waals surface area contributed by atoms with Crippen LogP contribution in [-0.4, -0.2) is 54.3 Å². The minimum atomic E-state index is -0.608. The molecule has 7 heteroatoms. The van der Waals surface area contributed by atoms with Crippen molar-refractivity contribution in [3.8, 4) is 0 Å². The Hall–Kier alpha value is -1.66. The topological polar surface area (TPSA) is 66.6 Å². The van der Waals surface area contributed by atoms with Crippen LogP contribution in [0.5, 0.6) is 0 Å². The summed E-state index contributed by atoms with van der Waals surface area (Å²) in [6.45, 7) is 2.88. The van der Waals surface area contributed by atoms with Crippen molar-refractivity contribution in [2.75, 3.05) is 32.7 Å². The summed E-state index contributed by atoms with van der Waals surface area (Å²) in [6.07, 6.45) is 0.305. The molecule has 0 spiro atoms. The molecule has 0 unspecified atom stereocenters. The average molecular weight is 314 g/mol. The normalized spacial score (nSPS) is 16.0. The van der Waals surface area contributed by atoms with Crippen molar-refractivity contribution in [3.05, 3.63) is 34.6 Å². The maximum atomic E-state index is 13.7. The SMILES string of the molecule is NC(=O)CCN1CCN(C(=O)c2ccc(Cl)cc2F)CC1. The van der Waals surface area contributed by atoms with E-state index in [4.69, 9.17) is 17.3 Å². The van der Waals surface area contributed by atoms with Crippen molar-refractivity contribution in [1.82, 2.24) is 9.80 Å². The van der Waals surface area contributed by atoms with Crippen LogP contribution in [0.15, 0.2) is 18.2 Å². The van der Waals surface area contributed by atoms with Gasteiger partial charge in [0, 0.05) is 44.2 Å². The lowest BCUT2D eigenvalue weighted by molar-refractivity contribution is -0.118. The molecule has 0 atom stereocenters. The number of halogens is 2. The minimum absolute atomic E-state index is 0.0324. The van der Waals surface area contributed by atoms with Crippen LogP contribution >= 0.6 is 11.6 Å². The number of rotatable bonds is 4. The Balaban J connectivity index is 1.92. The van der Waals surface area contributed by atoms with Gasteiger partial charge in [-0.15, -0.1) is 0 Å². The predicted octanol–water partition coefficient (Wildman–Crippen LogP) is 1.11. The molecule has 21 heavy (non-hydrogen) atoms. The summed E-state index contributed by atoms with van der Waals surface area (Å²) in [5.41, 5.74) is 5.14. The molecule has 1 aromatic rings. The number of benzene rings is 1. The van der Waals surface area contributed by atoms with Crippen LogP contribution in [0.2, 0.25) is 5.02 Å². The number of nitrogens with zero attached hydrogens (tertiary/aromatic N) is 2. The maximum absolute atomic E-state index is 13.7. The van der Waals surface area contributed by atoms with E-state index >= 15 is 0 Å². The highest BCUT2D eigenvalue weighted by atomic mass is 35.5. The smallest absolute Gasteiger partial charge is 0.256 e. The number of amides is 2. The molecule has 2 amide bonds. The fourth-order valence-electron chi connectivity index (χ4n) is 2.28. The molecular formula is C14H17ClFN3O2. The van der Waals surface area contributed by atoms with Crippen LogP contribution in [0.4, 0.5) is 4.39 Å². The molecular weight excluding hydrogens is 297 g/mol. The van der Waals surface area contributed by atoms with Crippen molar-refractivity contribution in [2.24, 2.45) is 5.73 Å². The number of hydrogen-bond donors (Lipinski definition) is 1. The molecule has 2 rings (SSSR count). The second-order valence-electron chi connectivity index (χ2n) is 4.97. The second kappa shape index (κ2) is 6.87. The Morgan fingerprint density at radius 3 is 2.48 bits per heavy atom. The Bertz CT molecular complexity index is 545. The van der Waals surface area contributed by atoms with Crippen LogP contribution in [-0.2, 0) is 4.79 Å². The van der Waals surface area contributed by atoms with Gasteiger partial charge in [-0.25, -0.2) is 4.39 Å². The molecule has 0 saturated carbocycles. The Morgan fingerprint density at radius 1 is 1.24 bits per heavy atom. The largest absolute Gasteiger partial charge is 0.370 e. The molecule has 5 nitrogen and oxygen atoms in total. The van der Waals surface area contributed by atoms with Crippen LogP contribution in [0.3, 0.4) is 0 Å². The lowest BCUT2D eigenvalue weighted by Gasteiger charge is -2.34. The van der Waals surface area contributed by atoms with Gasteiger partial charge in [0.05, 0.1) is 5.56 Å². The first kappa shape index (κ1) is 15.7. The molecule has 0 bridgehead atoms. The van der Waals surface area contributed by atoms with E-state index in [9.17, 15) is 14.0 Å². The summed E-state index contributed by atoms with van der Waals surface area (Å²) in [6, 6.07) is 4.04. The fraction of sp³-hybridized carbons (Fsp3) is 0.429. The molecule has 0 radical (unpaired) electrons. The van der Waals surface area contributed by atoms with Gasteiger partial charge in [0.25, 0.3) is 5.91 Å². The van der Waals surface area contributed by atoms with E-state index in [1.54, 1.807) is 4.90 Å². The predicted molar refractivity (Wildman–Crippen MR) is 77.6 cm³/mol. The molecule has 2 N–H and O–H groups in total. The zero-order chi connectivity index (χ0) is 15.4. The monoisotopic (exact) mass is 313 g/mol. The van der Waals surface area contributed by atoms with E-state index in [1.165, 1.54) is 12.1 Å². The van der Waals surface area contributed by atoms with Crippen LogP contribution < -0.4 is 5.73 Å². The summed E-state index contributed by atoms with van der Waals surface area (Å²) in [4.78, 5) is 26.7. The molecule has 1 aromatic carbocycles. The first-order valence-corrected chi connectivity index (χ1v) is 7.10. The van der Waals surface area contributed by atoms with Gasteiger partial charge in [0.2, 0.25) is 5.91 Å². The van der Waals surface area contributed by atoms with Crippen molar-refractivity contribution < 1.29 is 14.0 Å². The summed E-state index contributed by atoms with van der Waals surface area (Å²) >= 11 is 5.68. The van der Waals surface area contributed by atoms with Gasteiger partial charge in [0.15, 0.2) is 0 Å². The third kappa shape index (κ3) is 4.15. The Kier molecular flexibility index (Phi) is 5.14. The zero-order valence-electron chi connectivity index (χ0n) is 11.5. The van der Waals surface area contributed by atoms with Gasteiger partial charge < -0.3 is 10.6 Å². The van der Waals surface area contributed by atoms with Crippen molar-refractivity contribution in [3.63, 3.8) is 0 Å². The lowest BCUT2D eigenvalue weighted by atomic mass is 10.1. The third-order valence-corrected chi connectivity index (χ3v) is 3.73. The summed E-state index contributed by atoms with van der Waals surface area (Å²) in [7, 11) is 0. The summed E-state index contributed by atoms with van der Waals surface area (Å²) < 4.78 is 13.7. The lowest BCUT2D eigenvalue weighted by Crippen LogP contribution is -2.49. The number of carbonyl (C=O) groups is 2. The first-order valence-electron chi connectivity index (χ1n) is 6.72. The third-order valence-electron chi connectivity index (χ3n) is 3.50. The average Bonchev–Trinajstić information content (AvgIpc) is 2.45. The zero-order valence-corrected chi connectivity index (χ0v) is 12.3. The second-order valence-corrected chi connectivity index (χ2v) is 5.41. The van der Waals surface area contributed by atoms with Crippen molar-refractivity contribution in [2.45, 2.75) is 6.42 Å². The maximum Gasteiger partial charge on any atom is 0.256 e. The number of nitrogens with two attached hydrogens (primary N) is 1. The van der Waals surface area contributed by atoms with Crippen LogP contribution in [0.1, 0.15) is 16.8 Å². The number of hydrogen-bond acceptors (Lipinski definition) is 3. The van der Waals surface area contributed by atoms with E-state index in [0.29, 0.717) is 39.1 Å². The van der Waals surface area contributed by atoms with Crippen molar-refractivity contribution in [1.29, 1.82) is 0 Å². The van der Waals surface area contributed by atoms with Gasteiger partial charge in [-0.1, -0.05) is 11.6 Å². The molecule has 1 aliphatic rings. The van der Waals surface area contributed by atoms with E-state index in [1.807, 2.05) is 0 Å². The Morgan fingerprint density at radius 2 is 1.90 bits per heavy atom. The molecule has 1 fully saturated rings. The van der Waals surface area contributed by atoms with E-state index in [-0.39, 0.29) is 22.4 Å². The van der Waals surface area contributed by atoms with Gasteiger partial charge in [0.1, 0.15) is 5.82 Å². The fourth-order valence-corrected chi connectivity index (χ4v) is 2.43. The minimum Gasteiger partial charge on any atom is -0.370 e. The van der Waals surface area contributed by atoms with Crippen LogP contribution in [0, 0.1) is 5.82 Å². The highest BCUT2D eigenvalue weighted by Gasteiger charge is 2.24. The highest BCUT2D eigenvalue weighted by molar-refractivity contribution is 6.30. The number of carbonyl (C=O) groups excluding carboxylic acids is 2. The molecule has 0 aromatic heterocycles. The molecule has 1 saturated heterocycles. The molecule has 114 valence electrons. The highest BCUT2D eigenvalue weighted by Crippen LogP contribution is 2.17. The van der Waals surface area contributed by atoms with Gasteiger partial charge >= 0.3 is 0 Å². The standard InChI is InChI=1S/C14H17ClFN3O2/c15-10-1-2-11(12(16)9-10)14(21)19-7-5-18(6-8-19)4-3-13(17)20/h1-2,9H,3-8H2,(H2,17,20). The van der Waals surface area contributed by atoms with Gasteiger partial charge in [-0.05, 0) is 18.2 Å². The molecule has 1 heterocycles. The number of primary amides is 1. The van der Waals surface area contributed by atoms with E-state index in [2.05, 4.69) is 4.90 Å².